The zero-order valence-corrected chi connectivity index (χ0v) is 12.7. The van der Waals surface area contributed by atoms with E-state index in [0.717, 1.165) is 5.56 Å². The predicted molar refractivity (Wildman–Crippen MR) is 73.7 cm³/mol. The molecule has 0 heterocycles. The van der Waals surface area contributed by atoms with E-state index in [-0.39, 0.29) is 24.5 Å². The molecule has 2 N–H and O–H groups in total. The molecule has 1 aromatic carbocycles. The van der Waals surface area contributed by atoms with Gasteiger partial charge in [0.2, 0.25) is 10.0 Å². The second-order valence-electron chi connectivity index (χ2n) is 4.81. The Morgan fingerprint density at radius 1 is 1.23 bits per heavy atom. The standard InChI is InChI=1S/C13H18F3NO4S/c1-10-3-5-11(6-4-10)22(20,21)17(7-2-8-18)9-12(19)13(14,15)16/h3-6,12,18-19H,2,7-9H2,1H3. The van der Waals surface area contributed by atoms with Crippen molar-refractivity contribution in [1.82, 2.24) is 4.31 Å². The van der Waals surface area contributed by atoms with Gasteiger partial charge in [-0.25, -0.2) is 8.42 Å². The van der Waals surface area contributed by atoms with Crippen LogP contribution in [0.1, 0.15) is 12.0 Å². The number of benzene rings is 1. The van der Waals surface area contributed by atoms with Crippen LogP contribution in [-0.4, -0.2) is 54.9 Å². The van der Waals surface area contributed by atoms with Crippen molar-refractivity contribution < 1.29 is 31.8 Å². The molecular formula is C13H18F3NO4S. The van der Waals surface area contributed by atoms with Crippen LogP contribution < -0.4 is 0 Å². The van der Waals surface area contributed by atoms with Crippen LogP contribution in [0, 0.1) is 6.92 Å². The van der Waals surface area contributed by atoms with Crippen molar-refractivity contribution in [2.24, 2.45) is 0 Å². The fourth-order valence-electron chi connectivity index (χ4n) is 1.71. The maximum Gasteiger partial charge on any atom is 0.415 e. The highest BCUT2D eigenvalue weighted by Crippen LogP contribution is 2.24. The van der Waals surface area contributed by atoms with Crippen LogP contribution in [0.2, 0.25) is 0 Å². The summed E-state index contributed by atoms with van der Waals surface area (Å²) in [6, 6.07) is 5.63. The molecule has 0 saturated heterocycles. The molecular weight excluding hydrogens is 323 g/mol. The third kappa shape index (κ3) is 4.94. The molecule has 9 heteroatoms. The molecule has 1 rings (SSSR count). The summed E-state index contributed by atoms with van der Waals surface area (Å²) >= 11 is 0. The molecule has 22 heavy (non-hydrogen) atoms. The number of nitrogens with zero attached hydrogens (tertiary/aromatic N) is 1. The number of sulfonamides is 1. The monoisotopic (exact) mass is 341 g/mol. The summed E-state index contributed by atoms with van der Waals surface area (Å²) in [6.45, 7) is -0.0606. The number of hydrogen-bond acceptors (Lipinski definition) is 4. The van der Waals surface area contributed by atoms with Crippen LogP contribution in [0.3, 0.4) is 0 Å². The number of aryl methyl sites for hydroxylation is 1. The molecule has 1 unspecified atom stereocenters. The average molecular weight is 341 g/mol. The molecule has 0 aliphatic heterocycles. The molecule has 0 bridgehead atoms. The van der Waals surface area contributed by atoms with Gasteiger partial charge in [0.25, 0.3) is 0 Å². The highest BCUT2D eigenvalue weighted by molar-refractivity contribution is 7.89. The summed E-state index contributed by atoms with van der Waals surface area (Å²) < 4.78 is 62.7. The molecule has 0 saturated carbocycles. The van der Waals surface area contributed by atoms with E-state index < -0.39 is 28.8 Å². The Bertz CT molecular complexity index is 572. The SMILES string of the molecule is Cc1ccc(S(=O)(=O)N(CCCO)CC(O)C(F)(F)F)cc1. The minimum Gasteiger partial charge on any atom is -0.396 e. The van der Waals surface area contributed by atoms with Crippen LogP contribution in [-0.2, 0) is 10.0 Å². The smallest absolute Gasteiger partial charge is 0.396 e. The number of alkyl halides is 3. The van der Waals surface area contributed by atoms with Crippen LogP contribution >= 0.6 is 0 Å². The van der Waals surface area contributed by atoms with Gasteiger partial charge in [-0.15, -0.1) is 0 Å². The Labute approximate surface area is 127 Å². The largest absolute Gasteiger partial charge is 0.415 e. The molecule has 0 aromatic heterocycles. The van der Waals surface area contributed by atoms with Gasteiger partial charge in [-0.2, -0.15) is 17.5 Å². The molecule has 0 amide bonds. The molecule has 1 atom stereocenters. The molecule has 0 aliphatic rings. The van der Waals surface area contributed by atoms with Gasteiger partial charge < -0.3 is 10.2 Å². The van der Waals surface area contributed by atoms with Crippen molar-refractivity contribution >= 4 is 10.0 Å². The molecule has 0 fully saturated rings. The first-order valence-corrected chi connectivity index (χ1v) is 7.95. The van der Waals surface area contributed by atoms with E-state index in [1.165, 1.54) is 24.3 Å². The number of halogens is 3. The van der Waals surface area contributed by atoms with E-state index in [4.69, 9.17) is 10.2 Å². The van der Waals surface area contributed by atoms with Gasteiger partial charge in [-0.3, -0.25) is 0 Å². The van der Waals surface area contributed by atoms with Crippen molar-refractivity contribution in [3.05, 3.63) is 29.8 Å². The van der Waals surface area contributed by atoms with Gasteiger partial charge in [-0.1, -0.05) is 17.7 Å². The lowest BCUT2D eigenvalue weighted by Gasteiger charge is -2.25. The van der Waals surface area contributed by atoms with E-state index in [2.05, 4.69) is 0 Å². The third-order valence-electron chi connectivity index (χ3n) is 2.98. The van der Waals surface area contributed by atoms with Crippen LogP contribution in [0.25, 0.3) is 0 Å². The highest BCUT2D eigenvalue weighted by atomic mass is 32.2. The van der Waals surface area contributed by atoms with E-state index in [1.54, 1.807) is 6.92 Å². The van der Waals surface area contributed by atoms with E-state index in [9.17, 15) is 21.6 Å². The second kappa shape index (κ2) is 7.40. The lowest BCUT2D eigenvalue weighted by Crippen LogP contribution is -2.44. The summed E-state index contributed by atoms with van der Waals surface area (Å²) in [4.78, 5) is -0.162. The summed E-state index contributed by atoms with van der Waals surface area (Å²) in [6.07, 6.45) is -7.73. The van der Waals surface area contributed by atoms with Crippen molar-refractivity contribution in [3.63, 3.8) is 0 Å². The Kier molecular flexibility index (Phi) is 6.36. The average Bonchev–Trinajstić information content (AvgIpc) is 2.42. The van der Waals surface area contributed by atoms with Crippen LogP contribution in [0.15, 0.2) is 29.2 Å². The first-order valence-electron chi connectivity index (χ1n) is 6.51. The molecule has 0 spiro atoms. The maximum absolute atomic E-state index is 12.5. The molecule has 5 nitrogen and oxygen atoms in total. The zero-order valence-electron chi connectivity index (χ0n) is 11.9. The maximum atomic E-state index is 12.5. The van der Waals surface area contributed by atoms with Crippen molar-refractivity contribution in [2.45, 2.75) is 30.5 Å². The van der Waals surface area contributed by atoms with Gasteiger partial charge in [0.05, 0.1) is 4.90 Å². The number of aliphatic hydroxyl groups is 2. The van der Waals surface area contributed by atoms with Crippen molar-refractivity contribution in [3.8, 4) is 0 Å². The Morgan fingerprint density at radius 3 is 2.23 bits per heavy atom. The fourth-order valence-corrected chi connectivity index (χ4v) is 3.20. The minimum atomic E-state index is -4.92. The van der Waals surface area contributed by atoms with Crippen LogP contribution in [0.4, 0.5) is 13.2 Å². The highest BCUT2D eigenvalue weighted by Gasteiger charge is 2.41. The van der Waals surface area contributed by atoms with Gasteiger partial charge >= 0.3 is 6.18 Å². The first-order chi connectivity index (χ1) is 10.1. The molecule has 1 aromatic rings. The molecule has 0 aliphatic carbocycles. The normalized spacial score (nSPS) is 14.3. The van der Waals surface area contributed by atoms with Gasteiger partial charge in [0, 0.05) is 19.7 Å². The Balaban J connectivity index is 3.06. The number of hydrogen-bond donors (Lipinski definition) is 2. The van der Waals surface area contributed by atoms with Crippen LogP contribution in [0.5, 0.6) is 0 Å². The van der Waals surface area contributed by atoms with E-state index in [1.807, 2.05) is 0 Å². The quantitative estimate of drug-likeness (QED) is 0.783. The topological polar surface area (TPSA) is 77.8 Å². The van der Waals surface area contributed by atoms with E-state index >= 15 is 0 Å². The second-order valence-corrected chi connectivity index (χ2v) is 6.75. The third-order valence-corrected chi connectivity index (χ3v) is 4.86. The van der Waals surface area contributed by atoms with Crippen molar-refractivity contribution in [2.75, 3.05) is 19.7 Å². The number of rotatable bonds is 7. The molecule has 126 valence electrons. The molecule has 0 radical (unpaired) electrons. The Hall–Kier alpha value is -1.16. The van der Waals surface area contributed by atoms with Gasteiger partial charge in [0.15, 0.2) is 6.10 Å². The Morgan fingerprint density at radius 2 is 1.77 bits per heavy atom. The summed E-state index contributed by atoms with van der Waals surface area (Å²) in [5, 5.41) is 17.9. The zero-order chi connectivity index (χ0) is 17.0. The summed E-state index contributed by atoms with van der Waals surface area (Å²) in [5.41, 5.74) is 0.802. The lowest BCUT2D eigenvalue weighted by atomic mass is 10.2. The first kappa shape index (κ1) is 18.9. The van der Waals surface area contributed by atoms with Crippen molar-refractivity contribution in [1.29, 1.82) is 0 Å². The summed E-state index contributed by atoms with van der Waals surface area (Å²) in [5.74, 6) is 0. The number of aliphatic hydroxyl groups excluding tert-OH is 2. The van der Waals surface area contributed by atoms with Gasteiger partial charge in [-0.05, 0) is 25.5 Å². The summed E-state index contributed by atoms with van der Waals surface area (Å²) in [7, 11) is -4.18. The van der Waals surface area contributed by atoms with E-state index in [0.29, 0.717) is 4.31 Å². The minimum absolute atomic E-state index is 0.0321. The fraction of sp³-hybridized carbons (Fsp3) is 0.538. The van der Waals surface area contributed by atoms with Gasteiger partial charge in [0.1, 0.15) is 0 Å². The lowest BCUT2D eigenvalue weighted by molar-refractivity contribution is -0.205. The predicted octanol–water partition coefficient (Wildman–Crippen LogP) is 1.29.